The lowest BCUT2D eigenvalue weighted by Gasteiger charge is -2.23. The Bertz CT molecular complexity index is 633. The van der Waals surface area contributed by atoms with E-state index >= 15 is 0 Å². The van der Waals surface area contributed by atoms with Gasteiger partial charge in [0.15, 0.2) is 11.6 Å². The predicted molar refractivity (Wildman–Crippen MR) is 80.2 cm³/mol. The largest absolute Gasteiger partial charge is 0.343 e. The van der Waals surface area contributed by atoms with Crippen LogP contribution in [0.25, 0.3) is 0 Å². The van der Waals surface area contributed by atoms with E-state index in [9.17, 15) is 4.79 Å². The second kappa shape index (κ2) is 5.43. The van der Waals surface area contributed by atoms with Gasteiger partial charge in [0.05, 0.1) is 12.7 Å². The van der Waals surface area contributed by atoms with Crippen LogP contribution in [0.3, 0.4) is 0 Å². The molecule has 3 heteroatoms. The van der Waals surface area contributed by atoms with Gasteiger partial charge in [0, 0.05) is 16.7 Å². The van der Waals surface area contributed by atoms with Gasteiger partial charge in [0.2, 0.25) is 0 Å². The molecule has 1 aliphatic heterocycles. The van der Waals surface area contributed by atoms with Gasteiger partial charge < -0.3 is 9.47 Å². The summed E-state index contributed by atoms with van der Waals surface area (Å²) in [5.74, 6) is -0.692. The van der Waals surface area contributed by atoms with Crippen molar-refractivity contribution in [3.05, 3.63) is 71.3 Å². The average Bonchev–Trinajstić information content (AvgIpc) is 2.88. The van der Waals surface area contributed by atoms with E-state index < -0.39 is 5.79 Å². The third-order valence-corrected chi connectivity index (χ3v) is 3.73. The van der Waals surface area contributed by atoms with Crippen LogP contribution in [0.2, 0.25) is 0 Å². The molecule has 0 aromatic heterocycles. The van der Waals surface area contributed by atoms with Crippen LogP contribution in [-0.4, -0.2) is 18.5 Å². The predicted octanol–water partition coefficient (Wildman–Crippen LogP) is 3.53. The zero-order valence-corrected chi connectivity index (χ0v) is 12.2. The van der Waals surface area contributed by atoms with Crippen LogP contribution in [0.15, 0.2) is 54.6 Å². The number of hydrogen-bond donors (Lipinski definition) is 0. The van der Waals surface area contributed by atoms with Crippen LogP contribution in [0.1, 0.15) is 35.3 Å². The van der Waals surface area contributed by atoms with Crippen LogP contribution in [0.5, 0.6) is 0 Å². The highest BCUT2D eigenvalue weighted by molar-refractivity contribution is 6.08. The van der Waals surface area contributed by atoms with E-state index in [0.29, 0.717) is 17.7 Å². The van der Waals surface area contributed by atoms with Gasteiger partial charge >= 0.3 is 0 Å². The standard InChI is InChI=1S/C18H18O3/c1-13-12-20-18(2,21-13)16-10-8-15(9-11-16)17(19)14-6-4-3-5-7-14/h3-11,13H,12H2,1-2H3. The van der Waals surface area contributed by atoms with Gasteiger partial charge in [-0.2, -0.15) is 0 Å². The molecule has 1 heterocycles. The summed E-state index contributed by atoms with van der Waals surface area (Å²) in [5.41, 5.74) is 2.29. The number of benzene rings is 2. The fourth-order valence-electron chi connectivity index (χ4n) is 2.56. The van der Waals surface area contributed by atoms with E-state index in [0.717, 1.165) is 5.56 Å². The Morgan fingerprint density at radius 2 is 1.67 bits per heavy atom. The number of ether oxygens (including phenoxy) is 2. The Hall–Kier alpha value is -1.97. The molecular weight excluding hydrogens is 264 g/mol. The number of carbonyl (C=O) groups excluding carboxylic acids is 1. The summed E-state index contributed by atoms with van der Waals surface area (Å²) in [5, 5.41) is 0. The topological polar surface area (TPSA) is 35.5 Å². The van der Waals surface area contributed by atoms with Crippen molar-refractivity contribution >= 4 is 5.78 Å². The number of rotatable bonds is 3. The summed E-state index contributed by atoms with van der Waals surface area (Å²) in [7, 11) is 0. The molecule has 1 aliphatic rings. The molecule has 0 aliphatic carbocycles. The van der Waals surface area contributed by atoms with Gasteiger partial charge in [0.1, 0.15) is 0 Å². The molecule has 0 spiro atoms. The second-order valence-corrected chi connectivity index (χ2v) is 5.46. The Kier molecular flexibility index (Phi) is 3.62. The molecule has 0 bridgehead atoms. The number of ketones is 1. The van der Waals surface area contributed by atoms with Crippen molar-refractivity contribution in [2.75, 3.05) is 6.61 Å². The fraction of sp³-hybridized carbons (Fsp3) is 0.278. The zero-order valence-electron chi connectivity index (χ0n) is 12.2. The highest BCUT2D eigenvalue weighted by Gasteiger charge is 2.36. The summed E-state index contributed by atoms with van der Waals surface area (Å²) >= 11 is 0. The Labute approximate surface area is 124 Å². The van der Waals surface area contributed by atoms with E-state index in [1.165, 1.54) is 0 Å². The molecule has 2 aromatic rings. The first-order valence-electron chi connectivity index (χ1n) is 7.10. The van der Waals surface area contributed by atoms with Gasteiger partial charge in [-0.3, -0.25) is 4.79 Å². The normalized spacial score (nSPS) is 25.0. The van der Waals surface area contributed by atoms with Crippen molar-refractivity contribution in [3.63, 3.8) is 0 Å². The van der Waals surface area contributed by atoms with Crippen molar-refractivity contribution in [1.29, 1.82) is 0 Å². The molecule has 1 saturated heterocycles. The minimum atomic E-state index is -0.715. The summed E-state index contributed by atoms with van der Waals surface area (Å²) in [4.78, 5) is 12.3. The van der Waals surface area contributed by atoms with Crippen molar-refractivity contribution < 1.29 is 14.3 Å². The molecule has 2 atom stereocenters. The average molecular weight is 282 g/mol. The maximum absolute atomic E-state index is 12.3. The molecule has 108 valence electrons. The molecule has 0 radical (unpaired) electrons. The minimum Gasteiger partial charge on any atom is -0.343 e. The van der Waals surface area contributed by atoms with E-state index in [4.69, 9.17) is 9.47 Å². The quantitative estimate of drug-likeness (QED) is 0.808. The van der Waals surface area contributed by atoms with Crippen molar-refractivity contribution in [3.8, 4) is 0 Å². The number of hydrogen-bond acceptors (Lipinski definition) is 3. The third kappa shape index (κ3) is 2.75. The Morgan fingerprint density at radius 3 is 2.24 bits per heavy atom. The first-order valence-corrected chi connectivity index (χ1v) is 7.10. The van der Waals surface area contributed by atoms with Crippen LogP contribution in [0.4, 0.5) is 0 Å². The summed E-state index contributed by atoms with van der Waals surface area (Å²) in [6.45, 7) is 4.48. The van der Waals surface area contributed by atoms with Crippen LogP contribution in [0, 0.1) is 0 Å². The fourth-order valence-corrected chi connectivity index (χ4v) is 2.56. The molecule has 2 aromatic carbocycles. The molecule has 0 saturated carbocycles. The number of carbonyl (C=O) groups is 1. The Morgan fingerprint density at radius 1 is 1.05 bits per heavy atom. The zero-order chi connectivity index (χ0) is 14.9. The van der Waals surface area contributed by atoms with Crippen LogP contribution < -0.4 is 0 Å². The van der Waals surface area contributed by atoms with E-state index in [-0.39, 0.29) is 11.9 Å². The van der Waals surface area contributed by atoms with E-state index in [2.05, 4.69) is 0 Å². The van der Waals surface area contributed by atoms with Crippen molar-refractivity contribution in [2.45, 2.75) is 25.7 Å². The first-order chi connectivity index (χ1) is 10.1. The molecule has 0 amide bonds. The summed E-state index contributed by atoms with van der Waals surface area (Å²) in [6, 6.07) is 16.7. The van der Waals surface area contributed by atoms with E-state index in [1.807, 2.05) is 68.4 Å². The third-order valence-electron chi connectivity index (χ3n) is 3.73. The molecule has 2 unspecified atom stereocenters. The highest BCUT2D eigenvalue weighted by atomic mass is 16.7. The van der Waals surface area contributed by atoms with E-state index in [1.54, 1.807) is 0 Å². The minimum absolute atomic E-state index is 0.0222. The van der Waals surface area contributed by atoms with Gasteiger partial charge in [-0.15, -0.1) is 0 Å². The molecule has 0 N–H and O–H groups in total. The molecule has 21 heavy (non-hydrogen) atoms. The Balaban J connectivity index is 1.83. The molecule has 1 fully saturated rings. The lowest BCUT2D eigenvalue weighted by Crippen LogP contribution is -2.23. The maximum atomic E-state index is 12.3. The van der Waals surface area contributed by atoms with Gasteiger partial charge in [-0.1, -0.05) is 54.6 Å². The summed E-state index contributed by atoms with van der Waals surface area (Å²) in [6.07, 6.45) is 0.0839. The maximum Gasteiger partial charge on any atom is 0.193 e. The van der Waals surface area contributed by atoms with Gasteiger partial charge in [-0.25, -0.2) is 0 Å². The van der Waals surface area contributed by atoms with Crippen molar-refractivity contribution in [2.24, 2.45) is 0 Å². The van der Waals surface area contributed by atoms with Crippen LogP contribution in [-0.2, 0) is 15.3 Å². The lowest BCUT2D eigenvalue weighted by molar-refractivity contribution is -0.159. The molecule has 3 nitrogen and oxygen atoms in total. The second-order valence-electron chi connectivity index (χ2n) is 5.46. The lowest BCUT2D eigenvalue weighted by atomic mass is 10.00. The van der Waals surface area contributed by atoms with Gasteiger partial charge in [-0.05, 0) is 13.8 Å². The summed E-state index contributed by atoms with van der Waals surface area (Å²) < 4.78 is 11.5. The van der Waals surface area contributed by atoms with Gasteiger partial charge in [0.25, 0.3) is 0 Å². The van der Waals surface area contributed by atoms with Crippen molar-refractivity contribution in [1.82, 2.24) is 0 Å². The van der Waals surface area contributed by atoms with Crippen LogP contribution >= 0.6 is 0 Å². The highest BCUT2D eigenvalue weighted by Crippen LogP contribution is 2.33. The monoisotopic (exact) mass is 282 g/mol. The SMILES string of the molecule is CC1COC(C)(c2ccc(C(=O)c3ccccc3)cc2)O1. The molecule has 3 rings (SSSR count). The molecular formula is C18H18O3. The smallest absolute Gasteiger partial charge is 0.193 e. The first kappa shape index (κ1) is 14.0.